The van der Waals surface area contributed by atoms with Crippen LogP contribution in [0.5, 0.6) is 0 Å². The molecule has 0 radical (unpaired) electrons. The maximum Gasteiger partial charge on any atom is 0.0816 e. The van der Waals surface area contributed by atoms with E-state index >= 15 is 0 Å². The van der Waals surface area contributed by atoms with Gasteiger partial charge in [0.2, 0.25) is 0 Å². The maximum atomic E-state index is 9.75. The molecule has 1 saturated carbocycles. The van der Waals surface area contributed by atoms with E-state index in [2.05, 4.69) is 12.1 Å². The zero-order valence-corrected chi connectivity index (χ0v) is 5.89. The second-order valence-electron chi connectivity index (χ2n) is 2.96. The topological polar surface area (TPSA) is 29.4 Å². The highest BCUT2D eigenvalue weighted by molar-refractivity contribution is 4.91. The molecule has 1 aliphatic rings. The molecule has 52 valence electrons. The SMILES string of the molecule is CCC1(CCN=O)CC1. The lowest BCUT2D eigenvalue weighted by Gasteiger charge is -2.06. The molecule has 0 saturated heterocycles. The Morgan fingerprint density at radius 3 is 2.56 bits per heavy atom. The summed E-state index contributed by atoms with van der Waals surface area (Å²) in [6, 6.07) is 0. The fraction of sp³-hybridized carbons (Fsp3) is 1.00. The van der Waals surface area contributed by atoms with E-state index in [4.69, 9.17) is 0 Å². The van der Waals surface area contributed by atoms with Gasteiger partial charge in [0, 0.05) is 0 Å². The van der Waals surface area contributed by atoms with Crippen LogP contribution >= 0.6 is 0 Å². The Morgan fingerprint density at radius 2 is 2.22 bits per heavy atom. The standard InChI is InChI=1S/C7H13NO/c1-2-7(3-4-7)5-6-8-9/h2-6H2,1H3. The molecular formula is C7H13NO. The van der Waals surface area contributed by atoms with Crippen LogP contribution in [0.3, 0.4) is 0 Å². The lowest BCUT2D eigenvalue weighted by atomic mass is 10.00. The van der Waals surface area contributed by atoms with Gasteiger partial charge in [0.1, 0.15) is 0 Å². The molecule has 9 heavy (non-hydrogen) atoms. The van der Waals surface area contributed by atoms with Crippen LogP contribution in [0.15, 0.2) is 5.18 Å². The van der Waals surface area contributed by atoms with E-state index in [-0.39, 0.29) is 0 Å². The van der Waals surface area contributed by atoms with Gasteiger partial charge in [-0.25, -0.2) is 0 Å². The second-order valence-corrected chi connectivity index (χ2v) is 2.96. The van der Waals surface area contributed by atoms with Crippen molar-refractivity contribution >= 4 is 0 Å². The average molecular weight is 127 g/mol. The van der Waals surface area contributed by atoms with Crippen LogP contribution < -0.4 is 0 Å². The lowest BCUT2D eigenvalue weighted by Crippen LogP contribution is -1.99. The lowest BCUT2D eigenvalue weighted by molar-refractivity contribution is 0.457. The van der Waals surface area contributed by atoms with E-state index in [1.807, 2.05) is 0 Å². The van der Waals surface area contributed by atoms with E-state index in [0.29, 0.717) is 12.0 Å². The van der Waals surface area contributed by atoms with Crippen LogP contribution in [0.1, 0.15) is 32.6 Å². The fourth-order valence-corrected chi connectivity index (χ4v) is 1.24. The predicted molar refractivity (Wildman–Crippen MR) is 37.2 cm³/mol. The molecule has 1 fully saturated rings. The van der Waals surface area contributed by atoms with Crippen molar-refractivity contribution in [2.24, 2.45) is 10.6 Å². The quantitative estimate of drug-likeness (QED) is 0.533. The summed E-state index contributed by atoms with van der Waals surface area (Å²) < 4.78 is 0. The third-order valence-electron chi connectivity index (χ3n) is 2.44. The fourth-order valence-electron chi connectivity index (χ4n) is 1.24. The van der Waals surface area contributed by atoms with E-state index in [1.165, 1.54) is 19.3 Å². The van der Waals surface area contributed by atoms with Crippen molar-refractivity contribution in [2.75, 3.05) is 6.54 Å². The molecule has 2 nitrogen and oxygen atoms in total. The van der Waals surface area contributed by atoms with Gasteiger partial charge in [-0.1, -0.05) is 18.5 Å². The van der Waals surface area contributed by atoms with Crippen molar-refractivity contribution in [3.05, 3.63) is 4.91 Å². The highest BCUT2D eigenvalue weighted by Crippen LogP contribution is 2.51. The van der Waals surface area contributed by atoms with Gasteiger partial charge in [-0.05, 0) is 24.7 Å². The minimum atomic E-state index is 0.522. The van der Waals surface area contributed by atoms with Crippen molar-refractivity contribution in [1.82, 2.24) is 0 Å². The molecule has 0 N–H and O–H groups in total. The van der Waals surface area contributed by atoms with Crippen LogP contribution in [-0.2, 0) is 0 Å². The summed E-state index contributed by atoms with van der Waals surface area (Å²) in [5.41, 5.74) is 0.550. The zero-order valence-electron chi connectivity index (χ0n) is 5.89. The van der Waals surface area contributed by atoms with Gasteiger partial charge in [0.15, 0.2) is 0 Å². The third-order valence-corrected chi connectivity index (χ3v) is 2.44. The minimum Gasteiger partial charge on any atom is -0.151 e. The van der Waals surface area contributed by atoms with E-state index in [1.54, 1.807) is 0 Å². The third kappa shape index (κ3) is 1.50. The Labute approximate surface area is 55.6 Å². The number of nitrogens with zero attached hydrogens (tertiary/aromatic N) is 1. The number of nitroso groups, excluding NO2 is 1. The Morgan fingerprint density at radius 1 is 1.56 bits per heavy atom. The molecule has 2 heteroatoms. The van der Waals surface area contributed by atoms with Crippen molar-refractivity contribution in [1.29, 1.82) is 0 Å². The van der Waals surface area contributed by atoms with Gasteiger partial charge in [0.05, 0.1) is 6.54 Å². The molecule has 0 heterocycles. The van der Waals surface area contributed by atoms with Crippen molar-refractivity contribution in [2.45, 2.75) is 32.6 Å². The summed E-state index contributed by atoms with van der Waals surface area (Å²) in [6.45, 7) is 2.71. The highest BCUT2D eigenvalue weighted by atomic mass is 16.3. The summed E-state index contributed by atoms with van der Waals surface area (Å²) in [4.78, 5) is 9.75. The summed E-state index contributed by atoms with van der Waals surface area (Å²) >= 11 is 0. The molecule has 0 bridgehead atoms. The second kappa shape index (κ2) is 2.46. The molecule has 0 atom stereocenters. The maximum absolute atomic E-state index is 9.75. The van der Waals surface area contributed by atoms with Gasteiger partial charge in [0.25, 0.3) is 0 Å². The first-order chi connectivity index (χ1) is 4.33. The molecule has 0 aromatic heterocycles. The molecule has 0 spiro atoms. The van der Waals surface area contributed by atoms with E-state index in [0.717, 1.165) is 6.42 Å². The van der Waals surface area contributed by atoms with Gasteiger partial charge in [-0.3, -0.25) is 0 Å². The zero-order chi connectivity index (χ0) is 6.74. The smallest absolute Gasteiger partial charge is 0.0816 e. The molecule has 0 aliphatic heterocycles. The summed E-state index contributed by atoms with van der Waals surface area (Å²) in [6.07, 6.45) is 4.88. The van der Waals surface area contributed by atoms with Crippen molar-refractivity contribution < 1.29 is 0 Å². The Bertz CT molecular complexity index is 107. The first-order valence-corrected chi connectivity index (χ1v) is 3.62. The Balaban J connectivity index is 2.17. The predicted octanol–water partition coefficient (Wildman–Crippen LogP) is 2.33. The largest absolute Gasteiger partial charge is 0.151 e. The highest BCUT2D eigenvalue weighted by Gasteiger charge is 2.39. The first-order valence-electron chi connectivity index (χ1n) is 3.62. The van der Waals surface area contributed by atoms with Crippen LogP contribution in [0.4, 0.5) is 0 Å². The molecule has 0 amide bonds. The van der Waals surface area contributed by atoms with Gasteiger partial charge >= 0.3 is 0 Å². The molecule has 0 unspecified atom stereocenters. The number of hydrogen-bond acceptors (Lipinski definition) is 2. The van der Waals surface area contributed by atoms with Crippen LogP contribution in [-0.4, -0.2) is 6.54 Å². The minimum absolute atomic E-state index is 0.522. The molecule has 1 rings (SSSR count). The van der Waals surface area contributed by atoms with Crippen LogP contribution in [0, 0.1) is 10.3 Å². The molecule has 0 aromatic rings. The molecular weight excluding hydrogens is 114 g/mol. The monoisotopic (exact) mass is 127 g/mol. The normalized spacial score (nSPS) is 21.4. The van der Waals surface area contributed by atoms with Gasteiger partial charge in [-0.2, -0.15) is 4.91 Å². The summed E-state index contributed by atoms with van der Waals surface area (Å²) in [5.74, 6) is 0. The van der Waals surface area contributed by atoms with Crippen molar-refractivity contribution in [3.8, 4) is 0 Å². The Kier molecular flexibility index (Phi) is 1.84. The summed E-state index contributed by atoms with van der Waals surface area (Å²) in [7, 11) is 0. The van der Waals surface area contributed by atoms with E-state index in [9.17, 15) is 4.91 Å². The first kappa shape index (κ1) is 6.72. The number of hydrogen-bond donors (Lipinski definition) is 0. The molecule has 0 aromatic carbocycles. The van der Waals surface area contributed by atoms with Crippen molar-refractivity contribution in [3.63, 3.8) is 0 Å². The summed E-state index contributed by atoms with van der Waals surface area (Å²) in [5, 5.41) is 2.86. The van der Waals surface area contributed by atoms with Gasteiger partial charge in [-0.15, -0.1) is 0 Å². The van der Waals surface area contributed by atoms with Gasteiger partial charge < -0.3 is 0 Å². The van der Waals surface area contributed by atoms with Crippen LogP contribution in [0.2, 0.25) is 0 Å². The molecule has 1 aliphatic carbocycles. The average Bonchev–Trinajstić information content (AvgIpc) is 2.65. The van der Waals surface area contributed by atoms with E-state index < -0.39 is 0 Å². The van der Waals surface area contributed by atoms with Crippen LogP contribution in [0.25, 0.3) is 0 Å². The Hall–Kier alpha value is -0.400. The number of rotatable bonds is 4.